The Balaban J connectivity index is 1.71. The minimum atomic E-state index is 0.417. The quantitative estimate of drug-likeness (QED) is 0.488. The molecule has 5 nitrogen and oxygen atoms in total. The van der Waals surface area contributed by atoms with Crippen molar-refractivity contribution < 1.29 is 4.42 Å². The molecular weight excluding hydrogens is 348 g/mol. The maximum Gasteiger partial charge on any atom is 0.229 e. The van der Waals surface area contributed by atoms with E-state index in [0.717, 1.165) is 36.3 Å². The van der Waals surface area contributed by atoms with Crippen molar-refractivity contribution in [2.24, 2.45) is 0 Å². The number of piperidine rings is 1. The first-order chi connectivity index (χ1) is 13.8. The molecule has 1 aliphatic heterocycles. The highest BCUT2D eigenvalue weighted by Crippen LogP contribution is 2.34. The summed E-state index contributed by atoms with van der Waals surface area (Å²) >= 11 is 0. The van der Waals surface area contributed by atoms with Crippen LogP contribution in [0.25, 0.3) is 34.1 Å². The number of nitrogens with zero attached hydrogens (tertiary/aromatic N) is 4. The highest BCUT2D eigenvalue weighted by atomic mass is 16.4. The first kappa shape index (κ1) is 16.9. The first-order valence-corrected chi connectivity index (χ1v) is 9.85. The summed E-state index contributed by atoms with van der Waals surface area (Å²) in [6.07, 6.45) is 3.57. The average Bonchev–Trinajstić information content (AvgIpc) is 3.19. The van der Waals surface area contributed by atoms with Gasteiger partial charge >= 0.3 is 0 Å². The number of fused-ring (bicyclic) bond motifs is 1. The fourth-order valence-corrected chi connectivity index (χ4v) is 3.84. The smallest absolute Gasteiger partial charge is 0.229 e. The summed E-state index contributed by atoms with van der Waals surface area (Å²) in [5, 5.41) is 0. The van der Waals surface area contributed by atoms with Gasteiger partial charge in [-0.2, -0.15) is 4.98 Å². The molecule has 5 rings (SSSR count). The molecule has 2 aromatic carbocycles. The molecule has 0 saturated carbocycles. The summed E-state index contributed by atoms with van der Waals surface area (Å²) < 4.78 is 6.20. The Morgan fingerprint density at radius 2 is 1.57 bits per heavy atom. The molecule has 0 bridgehead atoms. The molecule has 1 aliphatic rings. The van der Waals surface area contributed by atoms with E-state index >= 15 is 0 Å². The van der Waals surface area contributed by atoms with Gasteiger partial charge in [0, 0.05) is 23.7 Å². The highest BCUT2D eigenvalue weighted by molar-refractivity contribution is 5.85. The Labute approximate surface area is 164 Å². The van der Waals surface area contributed by atoms with Gasteiger partial charge in [0.05, 0.1) is 0 Å². The van der Waals surface area contributed by atoms with E-state index in [4.69, 9.17) is 19.4 Å². The maximum atomic E-state index is 6.20. The third-order valence-electron chi connectivity index (χ3n) is 5.36. The van der Waals surface area contributed by atoms with Crippen molar-refractivity contribution in [2.45, 2.75) is 32.2 Å². The first-order valence-electron chi connectivity index (χ1n) is 9.85. The Bertz CT molecular complexity index is 1090. The number of oxazole rings is 1. The van der Waals surface area contributed by atoms with Gasteiger partial charge in [-0.05, 0) is 38.3 Å². The molecule has 28 heavy (non-hydrogen) atoms. The molecule has 5 heteroatoms. The lowest BCUT2D eigenvalue weighted by Crippen LogP contribution is -2.38. The summed E-state index contributed by atoms with van der Waals surface area (Å²) in [4.78, 5) is 16.7. The van der Waals surface area contributed by atoms with Crippen molar-refractivity contribution in [2.75, 3.05) is 11.4 Å². The predicted octanol–water partition coefficient (Wildman–Crippen LogP) is 5.33. The number of hydrogen-bond acceptors (Lipinski definition) is 5. The van der Waals surface area contributed by atoms with Crippen LogP contribution in [0.15, 0.2) is 65.1 Å². The van der Waals surface area contributed by atoms with Crippen molar-refractivity contribution in [3.63, 3.8) is 0 Å². The topological polar surface area (TPSA) is 55.1 Å². The second-order valence-corrected chi connectivity index (χ2v) is 7.31. The van der Waals surface area contributed by atoms with Gasteiger partial charge in [0.1, 0.15) is 0 Å². The lowest BCUT2D eigenvalue weighted by molar-refractivity contribution is 0.479. The number of hydrogen-bond donors (Lipinski definition) is 0. The molecule has 2 aromatic heterocycles. The Hall–Kier alpha value is -3.21. The van der Waals surface area contributed by atoms with Gasteiger partial charge in [0.15, 0.2) is 11.6 Å². The molecule has 0 amide bonds. The van der Waals surface area contributed by atoms with Crippen molar-refractivity contribution in [1.29, 1.82) is 0 Å². The molecule has 1 atom stereocenters. The third kappa shape index (κ3) is 3.03. The molecule has 0 radical (unpaired) electrons. The second kappa shape index (κ2) is 7.08. The number of rotatable bonds is 3. The van der Waals surface area contributed by atoms with E-state index in [9.17, 15) is 0 Å². The van der Waals surface area contributed by atoms with Crippen molar-refractivity contribution in [1.82, 2.24) is 15.0 Å². The Morgan fingerprint density at radius 3 is 2.29 bits per heavy atom. The van der Waals surface area contributed by atoms with E-state index in [1.165, 1.54) is 6.42 Å². The zero-order valence-electron chi connectivity index (χ0n) is 15.9. The van der Waals surface area contributed by atoms with E-state index in [-0.39, 0.29) is 0 Å². The standard InChI is InChI=1S/C23H22N4O/c1-16-10-8-9-15-27(16)22-19-21(24-20(25-22)17-11-4-2-5-12-17)26-23(28-19)18-13-6-3-7-14-18/h2-7,11-14,16H,8-10,15H2,1H3/t16-/m1/s1. The van der Waals surface area contributed by atoms with Crippen molar-refractivity contribution >= 4 is 17.0 Å². The van der Waals surface area contributed by atoms with Crippen LogP contribution in [0.1, 0.15) is 26.2 Å². The van der Waals surface area contributed by atoms with Gasteiger partial charge in [0.25, 0.3) is 0 Å². The normalized spacial score (nSPS) is 17.2. The molecule has 0 N–H and O–H groups in total. The largest absolute Gasteiger partial charge is 0.430 e. The molecule has 3 heterocycles. The molecule has 4 aromatic rings. The van der Waals surface area contributed by atoms with Crippen LogP contribution >= 0.6 is 0 Å². The number of anilines is 1. The summed E-state index contributed by atoms with van der Waals surface area (Å²) in [6, 6.07) is 20.4. The fourth-order valence-electron chi connectivity index (χ4n) is 3.84. The minimum absolute atomic E-state index is 0.417. The van der Waals surface area contributed by atoms with E-state index in [2.05, 4.69) is 11.8 Å². The van der Waals surface area contributed by atoms with Crippen LogP contribution in [0.2, 0.25) is 0 Å². The molecule has 1 saturated heterocycles. The zero-order valence-corrected chi connectivity index (χ0v) is 15.9. The molecular formula is C23H22N4O. The number of benzene rings is 2. The monoisotopic (exact) mass is 370 g/mol. The molecule has 0 spiro atoms. The van der Waals surface area contributed by atoms with Crippen LogP contribution in [-0.4, -0.2) is 27.5 Å². The zero-order chi connectivity index (χ0) is 18.9. The van der Waals surface area contributed by atoms with Gasteiger partial charge in [-0.15, -0.1) is 0 Å². The summed E-state index contributed by atoms with van der Waals surface area (Å²) in [5.74, 6) is 2.13. The SMILES string of the molecule is C[C@@H]1CCCCN1c1nc(-c2ccccc2)nc2nc(-c3ccccc3)oc12. The van der Waals surface area contributed by atoms with Crippen LogP contribution < -0.4 is 4.90 Å². The predicted molar refractivity (Wildman–Crippen MR) is 111 cm³/mol. The average molecular weight is 370 g/mol. The maximum absolute atomic E-state index is 6.20. The van der Waals surface area contributed by atoms with Crippen LogP contribution in [0.5, 0.6) is 0 Å². The minimum Gasteiger partial charge on any atom is -0.430 e. The molecule has 1 fully saturated rings. The van der Waals surface area contributed by atoms with Crippen LogP contribution in [0.3, 0.4) is 0 Å². The van der Waals surface area contributed by atoms with Crippen LogP contribution in [0, 0.1) is 0 Å². The van der Waals surface area contributed by atoms with Crippen LogP contribution in [0.4, 0.5) is 5.82 Å². The lowest BCUT2D eigenvalue weighted by atomic mass is 10.0. The fraction of sp³-hybridized carbons (Fsp3) is 0.261. The van der Waals surface area contributed by atoms with E-state index < -0.39 is 0 Å². The van der Waals surface area contributed by atoms with Gasteiger partial charge in [-0.1, -0.05) is 48.5 Å². The third-order valence-corrected chi connectivity index (χ3v) is 5.36. The second-order valence-electron chi connectivity index (χ2n) is 7.31. The Morgan fingerprint density at radius 1 is 0.857 bits per heavy atom. The highest BCUT2D eigenvalue weighted by Gasteiger charge is 2.26. The van der Waals surface area contributed by atoms with Gasteiger partial charge in [0.2, 0.25) is 17.1 Å². The van der Waals surface area contributed by atoms with Crippen molar-refractivity contribution in [3.8, 4) is 22.8 Å². The Kier molecular flexibility index (Phi) is 4.28. The van der Waals surface area contributed by atoms with Gasteiger partial charge in [-0.3, -0.25) is 0 Å². The summed E-state index contributed by atoms with van der Waals surface area (Å²) in [5.41, 5.74) is 3.21. The van der Waals surface area contributed by atoms with E-state index in [0.29, 0.717) is 29.0 Å². The summed E-state index contributed by atoms with van der Waals surface area (Å²) in [6.45, 7) is 3.23. The summed E-state index contributed by atoms with van der Waals surface area (Å²) in [7, 11) is 0. The van der Waals surface area contributed by atoms with Gasteiger partial charge in [-0.25, -0.2) is 9.97 Å². The molecule has 140 valence electrons. The molecule has 0 aliphatic carbocycles. The van der Waals surface area contributed by atoms with Crippen LogP contribution in [-0.2, 0) is 0 Å². The van der Waals surface area contributed by atoms with E-state index in [1.54, 1.807) is 0 Å². The van der Waals surface area contributed by atoms with Gasteiger partial charge < -0.3 is 9.32 Å². The molecule has 0 unspecified atom stereocenters. The number of aromatic nitrogens is 3. The lowest BCUT2D eigenvalue weighted by Gasteiger charge is -2.34. The van der Waals surface area contributed by atoms with Crippen molar-refractivity contribution in [3.05, 3.63) is 60.7 Å². The van der Waals surface area contributed by atoms with E-state index in [1.807, 2.05) is 60.7 Å².